The molecule has 0 fully saturated rings. The van der Waals surface area contributed by atoms with E-state index in [9.17, 15) is 0 Å². The van der Waals surface area contributed by atoms with E-state index in [1.54, 1.807) is 12.5 Å². The smallest absolute Gasteiger partial charge is 0.106 e. The number of fused-ring (bicyclic) bond motifs is 1. The normalized spacial score (nSPS) is 10.7. The molecule has 0 unspecified atom stereocenters. The fourth-order valence-corrected chi connectivity index (χ4v) is 1.62. The molecule has 0 spiro atoms. The lowest BCUT2D eigenvalue weighted by Crippen LogP contribution is -1.82. The highest BCUT2D eigenvalue weighted by molar-refractivity contribution is 5.70. The summed E-state index contributed by atoms with van der Waals surface area (Å²) in [4.78, 5) is 11.6. The Bertz CT molecular complexity index is 512. The van der Waals surface area contributed by atoms with Crippen molar-refractivity contribution in [2.45, 2.75) is 0 Å². The molecule has 72 valence electrons. The summed E-state index contributed by atoms with van der Waals surface area (Å²) in [6, 6.07) is 12.2. The molecule has 0 atom stereocenters. The predicted octanol–water partition coefficient (Wildman–Crippen LogP) is 2.58. The number of H-pyrrole nitrogens is 1. The maximum absolute atomic E-state index is 4.49. The largest absolute Gasteiger partial charge is 0.345 e. The van der Waals surface area contributed by atoms with Crippen LogP contribution in [-0.2, 0) is 0 Å². The third-order valence-corrected chi connectivity index (χ3v) is 2.36. The molecule has 0 amide bonds. The molecule has 3 nitrogen and oxygen atoms in total. The highest BCUT2D eigenvalue weighted by atomic mass is 14.9. The van der Waals surface area contributed by atoms with E-state index in [4.69, 9.17) is 0 Å². The zero-order valence-electron chi connectivity index (χ0n) is 8.01. The number of hydrogen-bond donors (Lipinski definition) is 1. The van der Waals surface area contributed by atoms with E-state index in [-0.39, 0.29) is 0 Å². The molecular formula is C12H9N3. The van der Waals surface area contributed by atoms with Gasteiger partial charge in [-0.05, 0) is 6.07 Å². The van der Waals surface area contributed by atoms with Crippen molar-refractivity contribution in [3.63, 3.8) is 0 Å². The van der Waals surface area contributed by atoms with Crippen molar-refractivity contribution < 1.29 is 0 Å². The van der Waals surface area contributed by atoms with E-state index in [1.807, 2.05) is 24.3 Å². The second kappa shape index (κ2) is 3.20. The number of hydrogen-bond acceptors (Lipinski definition) is 2. The van der Waals surface area contributed by atoms with E-state index < -0.39 is 0 Å². The van der Waals surface area contributed by atoms with E-state index in [1.165, 1.54) is 0 Å². The summed E-state index contributed by atoms with van der Waals surface area (Å²) < 4.78 is 0. The SMILES string of the molecule is c1ccc(-c2cc3[nH]cncc-3n2)cc1. The molecule has 0 aromatic heterocycles. The van der Waals surface area contributed by atoms with Crippen molar-refractivity contribution >= 4 is 0 Å². The van der Waals surface area contributed by atoms with Gasteiger partial charge < -0.3 is 4.98 Å². The first-order valence-corrected chi connectivity index (χ1v) is 4.78. The van der Waals surface area contributed by atoms with Crippen LogP contribution in [0.5, 0.6) is 0 Å². The third-order valence-electron chi connectivity index (χ3n) is 2.36. The second-order valence-electron chi connectivity index (χ2n) is 3.36. The summed E-state index contributed by atoms with van der Waals surface area (Å²) in [5, 5.41) is 0. The Kier molecular flexibility index (Phi) is 1.75. The Hall–Kier alpha value is -2.16. The molecule has 0 saturated heterocycles. The third kappa shape index (κ3) is 1.38. The molecule has 0 aliphatic carbocycles. The Morgan fingerprint density at radius 3 is 2.67 bits per heavy atom. The van der Waals surface area contributed by atoms with Gasteiger partial charge in [-0.3, -0.25) is 0 Å². The lowest BCUT2D eigenvalue weighted by atomic mass is 10.1. The molecule has 0 radical (unpaired) electrons. The van der Waals surface area contributed by atoms with Crippen molar-refractivity contribution in [2.75, 3.05) is 0 Å². The van der Waals surface area contributed by atoms with Gasteiger partial charge in [0.2, 0.25) is 0 Å². The van der Waals surface area contributed by atoms with Gasteiger partial charge in [-0.25, -0.2) is 9.97 Å². The zero-order chi connectivity index (χ0) is 10.1. The van der Waals surface area contributed by atoms with Crippen LogP contribution in [0, 0.1) is 0 Å². The first-order valence-electron chi connectivity index (χ1n) is 4.78. The van der Waals surface area contributed by atoms with Gasteiger partial charge in [0.05, 0.1) is 23.9 Å². The molecular weight excluding hydrogens is 186 g/mol. The van der Waals surface area contributed by atoms with Crippen LogP contribution >= 0.6 is 0 Å². The standard InChI is InChI=1S/C12H9N3/c1-2-4-9(5-3-1)10-6-11-12(15-10)7-13-8-14-11/h1-8H,(H,13,14). The van der Waals surface area contributed by atoms with Crippen LogP contribution in [0.2, 0.25) is 0 Å². The van der Waals surface area contributed by atoms with Crippen molar-refractivity contribution in [3.05, 3.63) is 48.9 Å². The quantitative estimate of drug-likeness (QED) is 0.648. The van der Waals surface area contributed by atoms with Gasteiger partial charge in [-0.15, -0.1) is 0 Å². The highest BCUT2D eigenvalue weighted by Gasteiger charge is 2.09. The average molecular weight is 195 g/mol. The van der Waals surface area contributed by atoms with Crippen LogP contribution < -0.4 is 0 Å². The molecule has 2 heterocycles. The zero-order valence-corrected chi connectivity index (χ0v) is 8.01. The van der Waals surface area contributed by atoms with E-state index in [2.05, 4.69) is 27.1 Å². The number of benzene rings is 1. The first-order chi connectivity index (χ1) is 7.43. The molecule has 1 N–H and O–H groups in total. The fraction of sp³-hybridized carbons (Fsp3) is 0. The van der Waals surface area contributed by atoms with Crippen molar-refractivity contribution in [1.82, 2.24) is 15.0 Å². The van der Waals surface area contributed by atoms with Gasteiger partial charge in [0.15, 0.2) is 0 Å². The van der Waals surface area contributed by atoms with Gasteiger partial charge >= 0.3 is 0 Å². The fourth-order valence-electron chi connectivity index (χ4n) is 1.62. The lowest BCUT2D eigenvalue weighted by Gasteiger charge is -1.92. The molecule has 2 aliphatic heterocycles. The molecule has 15 heavy (non-hydrogen) atoms. The van der Waals surface area contributed by atoms with E-state index >= 15 is 0 Å². The van der Waals surface area contributed by atoms with E-state index in [0.29, 0.717) is 0 Å². The van der Waals surface area contributed by atoms with Gasteiger partial charge in [-0.2, -0.15) is 0 Å². The molecule has 0 saturated carbocycles. The first kappa shape index (κ1) is 8.17. The van der Waals surface area contributed by atoms with Crippen molar-refractivity contribution in [1.29, 1.82) is 0 Å². The predicted molar refractivity (Wildman–Crippen MR) is 58.4 cm³/mol. The molecule has 0 bridgehead atoms. The van der Waals surface area contributed by atoms with Gasteiger partial charge in [0.1, 0.15) is 5.69 Å². The topological polar surface area (TPSA) is 41.6 Å². The summed E-state index contributed by atoms with van der Waals surface area (Å²) in [5.41, 5.74) is 4.03. The van der Waals surface area contributed by atoms with Gasteiger partial charge in [0, 0.05) is 5.56 Å². The number of aromatic nitrogens is 3. The second-order valence-corrected chi connectivity index (χ2v) is 3.36. The summed E-state index contributed by atoms with van der Waals surface area (Å²) >= 11 is 0. The number of nitrogens with zero attached hydrogens (tertiary/aromatic N) is 2. The monoisotopic (exact) mass is 195 g/mol. The Morgan fingerprint density at radius 2 is 1.87 bits per heavy atom. The van der Waals surface area contributed by atoms with Crippen molar-refractivity contribution in [3.8, 4) is 22.6 Å². The maximum atomic E-state index is 4.49. The van der Waals surface area contributed by atoms with Crippen LogP contribution in [0.1, 0.15) is 0 Å². The van der Waals surface area contributed by atoms with E-state index in [0.717, 1.165) is 22.6 Å². The minimum atomic E-state index is 0.899. The van der Waals surface area contributed by atoms with Crippen LogP contribution in [0.4, 0.5) is 0 Å². The summed E-state index contributed by atoms with van der Waals surface area (Å²) in [5.74, 6) is 0. The molecule has 1 aromatic rings. The molecule has 3 rings (SSSR count). The van der Waals surface area contributed by atoms with Crippen LogP contribution in [0.3, 0.4) is 0 Å². The number of rotatable bonds is 1. The number of nitrogens with one attached hydrogen (secondary N) is 1. The molecule has 3 heteroatoms. The minimum absolute atomic E-state index is 0.899. The summed E-state index contributed by atoms with van der Waals surface area (Å²) in [7, 11) is 0. The molecule has 1 aromatic carbocycles. The minimum Gasteiger partial charge on any atom is -0.345 e. The Morgan fingerprint density at radius 1 is 1.00 bits per heavy atom. The number of aromatic amines is 1. The van der Waals surface area contributed by atoms with Gasteiger partial charge in [-0.1, -0.05) is 30.3 Å². The van der Waals surface area contributed by atoms with Crippen LogP contribution in [0.25, 0.3) is 22.6 Å². The lowest BCUT2D eigenvalue weighted by molar-refractivity contribution is 1.15. The average Bonchev–Trinajstić information content (AvgIpc) is 2.74. The highest BCUT2D eigenvalue weighted by Crippen LogP contribution is 2.25. The summed E-state index contributed by atoms with van der Waals surface area (Å²) in [6.45, 7) is 0. The Balaban J connectivity index is 2.18. The Labute approximate surface area is 87.2 Å². The van der Waals surface area contributed by atoms with Crippen molar-refractivity contribution in [2.24, 2.45) is 0 Å². The summed E-state index contributed by atoms with van der Waals surface area (Å²) in [6.07, 6.45) is 3.43. The maximum Gasteiger partial charge on any atom is 0.106 e. The molecule has 2 aliphatic rings. The van der Waals surface area contributed by atoms with Crippen LogP contribution in [-0.4, -0.2) is 15.0 Å². The van der Waals surface area contributed by atoms with Gasteiger partial charge in [0.25, 0.3) is 0 Å². The van der Waals surface area contributed by atoms with Crippen LogP contribution in [0.15, 0.2) is 48.9 Å².